The van der Waals surface area contributed by atoms with Gasteiger partial charge in [0.2, 0.25) is 0 Å². The zero-order valence-corrected chi connectivity index (χ0v) is 12.9. The Bertz CT molecular complexity index is 542. The lowest BCUT2D eigenvalue weighted by atomic mass is 10.0. The summed E-state index contributed by atoms with van der Waals surface area (Å²) in [5.41, 5.74) is 3.67. The lowest BCUT2D eigenvalue weighted by Gasteiger charge is -2.16. The van der Waals surface area contributed by atoms with Gasteiger partial charge in [0.1, 0.15) is 5.76 Å². The van der Waals surface area contributed by atoms with E-state index in [1.165, 1.54) is 17.0 Å². The van der Waals surface area contributed by atoms with E-state index in [2.05, 4.69) is 48.0 Å². The van der Waals surface area contributed by atoms with Gasteiger partial charge in [-0.15, -0.1) is 0 Å². The van der Waals surface area contributed by atoms with Gasteiger partial charge in [-0.3, -0.25) is 4.68 Å². The van der Waals surface area contributed by atoms with Crippen molar-refractivity contribution in [1.82, 2.24) is 15.1 Å². The number of rotatable bonds is 7. The molecular formula is C16H25N3O. The second-order valence-electron chi connectivity index (χ2n) is 5.10. The van der Waals surface area contributed by atoms with E-state index in [1.807, 2.05) is 13.2 Å². The first-order valence-corrected chi connectivity index (χ1v) is 7.51. The molecule has 2 rings (SSSR count). The number of aromatic nitrogens is 2. The van der Waals surface area contributed by atoms with Crippen LogP contribution in [0.4, 0.5) is 0 Å². The Balaban J connectivity index is 2.21. The molecule has 0 saturated heterocycles. The van der Waals surface area contributed by atoms with Gasteiger partial charge in [-0.2, -0.15) is 5.10 Å². The Morgan fingerprint density at radius 3 is 2.65 bits per heavy atom. The van der Waals surface area contributed by atoms with E-state index in [0.717, 1.165) is 31.7 Å². The number of aryl methyl sites for hydroxylation is 3. The molecule has 1 atom stereocenters. The first-order chi connectivity index (χ1) is 9.67. The predicted molar refractivity (Wildman–Crippen MR) is 80.8 cm³/mol. The van der Waals surface area contributed by atoms with Crippen molar-refractivity contribution in [2.75, 3.05) is 6.54 Å². The minimum atomic E-state index is 0.282. The first-order valence-electron chi connectivity index (χ1n) is 7.51. The number of nitrogens with one attached hydrogen (secondary N) is 1. The smallest absolute Gasteiger partial charge is 0.101 e. The summed E-state index contributed by atoms with van der Waals surface area (Å²) in [5.74, 6) is 0.959. The summed E-state index contributed by atoms with van der Waals surface area (Å²) in [4.78, 5) is 0. The molecule has 0 aliphatic rings. The Morgan fingerprint density at radius 2 is 2.10 bits per heavy atom. The largest absolute Gasteiger partial charge is 0.469 e. The molecule has 0 radical (unpaired) electrons. The van der Waals surface area contributed by atoms with Gasteiger partial charge in [0.05, 0.1) is 12.0 Å². The Labute approximate surface area is 121 Å². The summed E-state index contributed by atoms with van der Waals surface area (Å²) in [6.07, 6.45) is 3.78. The van der Waals surface area contributed by atoms with Gasteiger partial charge in [-0.05, 0) is 38.9 Å². The molecule has 0 saturated carbocycles. The van der Waals surface area contributed by atoms with Crippen LogP contribution in [0.1, 0.15) is 49.5 Å². The maximum atomic E-state index is 5.45. The van der Waals surface area contributed by atoms with Gasteiger partial charge in [0, 0.05) is 30.3 Å². The second kappa shape index (κ2) is 6.75. The first kappa shape index (κ1) is 14.9. The molecule has 4 nitrogen and oxygen atoms in total. The molecule has 4 heteroatoms. The van der Waals surface area contributed by atoms with E-state index in [1.54, 1.807) is 0 Å². The predicted octanol–water partition coefficient (Wildman–Crippen LogP) is 3.26. The molecule has 0 aliphatic carbocycles. The minimum absolute atomic E-state index is 0.282. The van der Waals surface area contributed by atoms with Crippen LogP contribution in [0.25, 0.3) is 0 Å². The normalized spacial score (nSPS) is 12.8. The zero-order chi connectivity index (χ0) is 14.5. The van der Waals surface area contributed by atoms with Crippen molar-refractivity contribution in [2.24, 2.45) is 0 Å². The standard InChI is InChI=1S/C16H25N3O/c1-5-14-9-15(19(7-3)18-14)10-16(17-6-2)13-8-12(4)20-11-13/h8-9,11,16-17H,5-7,10H2,1-4H3. The molecule has 2 heterocycles. The Kier molecular flexibility index (Phi) is 5.01. The van der Waals surface area contributed by atoms with Crippen LogP contribution in [0.5, 0.6) is 0 Å². The van der Waals surface area contributed by atoms with Crippen molar-refractivity contribution in [1.29, 1.82) is 0 Å². The molecule has 0 aliphatic heterocycles. The van der Waals surface area contributed by atoms with Crippen LogP contribution < -0.4 is 5.32 Å². The van der Waals surface area contributed by atoms with Gasteiger partial charge in [0.15, 0.2) is 0 Å². The van der Waals surface area contributed by atoms with Crippen molar-refractivity contribution in [2.45, 2.75) is 53.1 Å². The van der Waals surface area contributed by atoms with Crippen LogP contribution in [0.3, 0.4) is 0 Å². The average molecular weight is 275 g/mol. The molecule has 1 N–H and O–H groups in total. The quantitative estimate of drug-likeness (QED) is 0.843. The monoisotopic (exact) mass is 275 g/mol. The molecule has 0 aromatic carbocycles. The molecule has 1 unspecified atom stereocenters. The SMILES string of the molecule is CCNC(Cc1cc(CC)nn1CC)c1coc(C)c1. The molecular weight excluding hydrogens is 250 g/mol. The number of likely N-dealkylation sites (N-methyl/N-ethyl adjacent to an activating group) is 1. The van der Waals surface area contributed by atoms with Gasteiger partial charge < -0.3 is 9.73 Å². The molecule has 0 amide bonds. The molecule has 0 spiro atoms. The maximum absolute atomic E-state index is 5.45. The van der Waals surface area contributed by atoms with Crippen molar-refractivity contribution < 1.29 is 4.42 Å². The van der Waals surface area contributed by atoms with Crippen LogP contribution in [-0.4, -0.2) is 16.3 Å². The molecule has 2 aromatic heterocycles. The summed E-state index contributed by atoms with van der Waals surface area (Å²) >= 11 is 0. The van der Waals surface area contributed by atoms with E-state index >= 15 is 0 Å². The fourth-order valence-electron chi connectivity index (χ4n) is 2.54. The average Bonchev–Trinajstić information content (AvgIpc) is 3.04. The molecule has 20 heavy (non-hydrogen) atoms. The van der Waals surface area contributed by atoms with Crippen LogP contribution >= 0.6 is 0 Å². The third-order valence-corrected chi connectivity index (χ3v) is 3.59. The van der Waals surface area contributed by atoms with Crippen LogP contribution in [0.15, 0.2) is 22.8 Å². The fraction of sp³-hybridized carbons (Fsp3) is 0.562. The van der Waals surface area contributed by atoms with Crippen LogP contribution in [0.2, 0.25) is 0 Å². The highest BCUT2D eigenvalue weighted by molar-refractivity contribution is 5.20. The third kappa shape index (κ3) is 3.31. The topological polar surface area (TPSA) is 43.0 Å². The highest BCUT2D eigenvalue weighted by Gasteiger charge is 2.16. The van der Waals surface area contributed by atoms with E-state index in [0.29, 0.717) is 0 Å². The van der Waals surface area contributed by atoms with Gasteiger partial charge >= 0.3 is 0 Å². The fourth-order valence-corrected chi connectivity index (χ4v) is 2.54. The van der Waals surface area contributed by atoms with Crippen molar-refractivity contribution >= 4 is 0 Å². The Hall–Kier alpha value is -1.55. The minimum Gasteiger partial charge on any atom is -0.469 e. The summed E-state index contributed by atoms with van der Waals surface area (Å²) in [6, 6.07) is 4.62. The van der Waals surface area contributed by atoms with Gasteiger partial charge in [-0.25, -0.2) is 0 Å². The zero-order valence-electron chi connectivity index (χ0n) is 12.9. The van der Waals surface area contributed by atoms with Gasteiger partial charge in [0.25, 0.3) is 0 Å². The summed E-state index contributed by atoms with van der Waals surface area (Å²) in [5, 5.41) is 8.16. The maximum Gasteiger partial charge on any atom is 0.101 e. The third-order valence-electron chi connectivity index (χ3n) is 3.59. The summed E-state index contributed by atoms with van der Waals surface area (Å²) in [7, 11) is 0. The summed E-state index contributed by atoms with van der Waals surface area (Å²) < 4.78 is 7.56. The lowest BCUT2D eigenvalue weighted by Crippen LogP contribution is -2.23. The second-order valence-corrected chi connectivity index (χ2v) is 5.10. The van der Waals surface area contributed by atoms with E-state index in [-0.39, 0.29) is 6.04 Å². The summed E-state index contributed by atoms with van der Waals surface area (Å²) in [6.45, 7) is 10.3. The molecule has 0 fully saturated rings. The van der Waals surface area contributed by atoms with Gasteiger partial charge in [-0.1, -0.05) is 13.8 Å². The number of hydrogen-bond donors (Lipinski definition) is 1. The Morgan fingerprint density at radius 1 is 1.30 bits per heavy atom. The molecule has 110 valence electrons. The van der Waals surface area contributed by atoms with E-state index < -0.39 is 0 Å². The van der Waals surface area contributed by atoms with E-state index in [9.17, 15) is 0 Å². The molecule has 0 bridgehead atoms. The van der Waals surface area contributed by atoms with Crippen molar-refractivity contribution in [3.05, 3.63) is 41.1 Å². The highest BCUT2D eigenvalue weighted by atomic mass is 16.3. The number of furan rings is 1. The number of hydrogen-bond acceptors (Lipinski definition) is 3. The highest BCUT2D eigenvalue weighted by Crippen LogP contribution is 2.21. The molecule has 2 aromatic rings. The van der Waals surface area contributed by atoms with E-state index in [4.69, 9.17) is 4.42 Å². The van der Waals surface area contributed by atoms with Crippen LogP contribution in [-0.2, 0) is 19.4 Å². The van der Waals surface area contributed by atoms with Crippen molar-refractivity contribution in [3.8, 4) is 0 Å². The van der Waals surface area contributed by atoms with Crippen molar-refractivity contribution in [3.63, 3.8) is 0 Å². The number of nitrogens with zero attached hydrogens (tertiary/aromatic N) is 2. The lowest BCUT2D eigenvalue weighted by molar-refractivity contribution is 0.497. The van der Waals surface area contributed by atoms with Crippen LogP contribution in [0, 0.1) is 6.92 Å².